The maximum Gasteiger partial charge on any atom is 0.413 e. The van der Waals surface area contributed by atoms with Crippen molar-refractivity contribution in [2.24, 2.45) is 0 Å². The number of rotatable bonds is 3. The van der Waals surface area contributed by atoms with Gasteiger partial charge in [-0.3, -0.25) is 4.79 Å². The molecule has 0 aliphatic rings. The number of nitrogens with zero attached hydrogens (tertiary/aromatic N) is 2. The van der Waals surface area contributed by atoms with Crippen LogP contribution in [-0.2, 0) is 0 Å². The summed E-state index contributed by atoms with van der Waals surface area (Å²) >= 11 is 0. The van der Waals surface area contributed by atoms with E-state index in [0.717, 1.165) is 0 Å². The van der Waals surface area contributed by atoms with E-state index in [-0.39, 0.29) is 23.2 Å². The zero-order valence-electron chi connectivity index (χ0n) is 13.5. The Hall–Kier alpha value is -3.11. The third-order valence-corrected chi connectivity index (χ3v) is 3.81. The second-order valence-corrected chi connectivity index (χ2v) is 5.72. The van der Waals surface area contributed by atoms with Crippen LogP contribution in [0.4, 0.5) is 26.3 Å². The van der Waals surface area contributed by atoms with E-state index in [9.17, 15) is 31.1 Å². The van der Waals surface area contributed by atoms with Gasteiger partial charge in [-0.2, -0.15) is 28.6 Å². The molecule has 0 spiro atoms. The zero-order valence-corrected chi connectivity index (χ0v) is 13.5. The molecule has 0 saturated carbocycles. The molecule has 27 heavy (non-hydrogen) atoms. The summed E-state index contributed by atoms with van der Waals surface area (Å²) in [5, 5.41) is 11.4. The quantitative estimate of drug-likeness (QED) is 0.672. The fourth-order valence-corrected chi connectivity index (χ4v) is 2.61. The predicted molar refractivity (Wildman–Crippen MR) is 81.2 cm³/mol. The van der Waals surface area contributed by atoms with Crippen molar-refractivity contribution < 1.29 is 31.1 Å². The van der Waals surface area contributed by atoms with E-state index in [1.807, 2.05) is 0 Å². The molecule has 1 atom stereocenters. The number of benzene rings is 2. The Labute approximate surface area is 147 Å². The van der Waals surface area contributed by atoms with Crippen molar-refractivity contribution in [3.05, 3.63) is 58.4 Å². The van der Waals surface area contributed by atoms with E-state index >= 15 is 0 Å². The van der Waals surface area contributed by atoms with Crippen molar-refractivity contribution in [3.8, 4) is 0 Å². The summed E-state index contributed by atoms with van der Waals surface area (Å²) < 4.78 is 80.7. The van der Waals surface area contributed by atoms with E-state index in [2.05, 4.69) is 15.4 Å². The van der Waals surface area contributed by atoms with E-state index in [4.69, 9.17) is 0 Å². The normalized spacial score (nSPS) is 13.0. The number of aromatic amines is 1. The summed E-state index contributed by atoms with van der Waals surface area (Å²) in [5.74, 6) is -6.15. The molecule has 1 amide bonds. The fourth-order valence-electron chi connectivity index (χ4n) is 2.61. The molecule has 1 heterocycles. The number of amides is 1. The van der Waals surface area contributed by atoms with Crippen LogP contribution in [0.1, 0.15) is 27.5 Å². The van der Waals surface area contributed by atoms with E-state index < -0.39 is 41.1 Å². The molecule has 2 N–H and O–H groups in total. The highest BCUT2D eigenvalue weighted by Crippen LogP contribution is 2.36. The Morgan fingerprint density at radius 1 is 1.07 bits per heavy atom. The monoisotopic (exact) mass is 388 g/mol. The molecule has 142 valence electrons. The minimum Gasteiger partial charge on any atom is -0.337 e. The molecule has 0 radical (unpaired) electrons. The Morgan fingerprint density at radius 3 is 2.30 bits per heavy atom. The van der Waals surface area contributed by atoms with Gasteiger partial charge in [0.15, 0.2) is 6.04 Å². The summed E-state index contributed by atoms with van der Waals surface area (Å²) in [6, 6.07) is -0.375. The number of nitrogens with one attached hydrogen (secondary N) is 2. The number of aromatic nitrogens is 3. The summed E-state index contributed by atoms with van der Waals surface area (Å²) in [6.45, 7) is 1.56. The van der Waals surface area contributed by atoms with Gasteiger partial charge in [-0.15, -0.1) is 0 Å². The SMILES string of the molecule is Cc1cc(C(=O)NC(c2c(F)cc(F)cc2F)C(F)(F)F)cc2n[nH]nc12. The molecule has 0 saturated heterocycles. The summed E-state index contributed by atoms with van der Waals surface area (Å²) in [4.78, 5) is 12.3. The molecule has 0 aliphatic carbocycles. The number of alkyl halides is 3. The van der Waals surface area contributed by atoms with Crippen molar-refractivity contribution in [1.29, 1.82) is 0 Å². The topological polar surface area (TPSA) is 70.7 Å². The average molecular weight is 388 g/mol. The Morgan fingerprint density at radius 2 is 1.70 bits per heavy atom. The number of carbonyl (C=O) groups is 1. The summed E-state index contributed by atoms with van der Waals surface area (Å²) in [7, 11) is 0. The lowest BCUT2D eigenvalue weighted by atomic mass is 10.0. The van der Waals surface area contributed by atoms with E-state index in [1.54, 1.807) is 12.2 Å². The third kappa shape index (κ3) is 3.57. The molecule has 0 bridgehead atoms. The molecule has 1 unspecified atom stereocenters. The number of H-pyrrole nitrogens is 1. The van der Waals surface area contributed by atoms with Gasteiger partial charge in [0.05, 0.1) is 5.56 Å². The molecule has 0 fully saturated rings. The molecular formula is C16H10F6N4O. The van der Waals surface area contributed by atoms with E-state index in [1.165, 1.54) is 12.1 Å². The first kappa shape index (κ1) is 18.7. The minimum atomic E-state index is -5.23. The highest BCUT2D eigenvalue weighted by Gasteiger charge is 2.45. The van der Waals surface area contributed by atoms with Gasteiger partial charge >= 0.3 is 6.18 Å². The minimum absolute atomic E-state index is 0.106. The van der Waals surface area contributed by atoms with Crippen molar-refractivity contribution >= 4 is 16.9 Å². The predicted octanol–water partition coefficient (Wildman–Crippen LogP) is 3.72. The van der Waals surface area contributed by atoms with Gasteiger partial charge in [0, 0.05) is 17.7 Å². The molecule has 11 heteroatoms. The molecule has 5 nitrogen and oxygen atoms in total. The lowest BCUT2D eigenvalue weighted by Crippen LogP contribution is -2.39. The number of hydrogen-bond donors (Lipinski definition) is 2. The van der Waals surface area contributed by atoms with Crippen LogP contribution in [0, 0.1) is 24.4 Å². The summed E-state index contributed by atoms with van der Waals surface area (Å²) in [6.07, 6.45) is -5.23. The van der Waals surface area contributed by atoms with Crippen LogP contribution in [0.5, 0.6) is 0 Å². The second kappa shape index (κ2) is 6.56. The molecule has 3 rings (SSSR count). The largest absolute Gasteiger partial charge is 0.413 e. The van der Waals surface area contributed by atoms with Gasteiger partial charge in [-0.25, -0.2) is 13.2 Å². The Bertz CT molecular complexity index is 1010. The van der Waals surface area contributed by atoms with Gasteiger partial charge in [0.1, 0.15) is 28.5 Å². The number of halogens is 6. The average Bonchev–Trinajstić information content (AvgIpc) is 3.01. The smallest absolute Gasteiger partial charge is 0.337 e. The first-order valence-electron chi connectivity index (χ1n) is 7.41. The van der Waals surface area contributed by atoms with E-state index in [0.29, 0.717) is 11.1 Å². The summed E-state index contributed by atoms with van der Waals surface area (Å²) in [5.41, 5.74) is -0.630. The molecule has 1 aromatic heterocycles. The van der Waals surface area contributed by atoms with Crippen LogP contribution in [0.2, 0.25) is 0 Å². The van der Waals surface area contributed by atoms with Gasteiger partial charge in [0.2, 0.25) is 0 Å². The highest BCUT2D eigenvalue weighted by molar-refractivity contribution is 5.98. The van der Waals surface area contributed by atoms with Crippen molar-refractivity contribution in [1.82, 2.24) is 20.7 Å². The van der Waals surface area contributed by atoms with Crippen molar-refractivity contribution in [2.75, 3.05) is 0 Å². The second-order valence-electron chi connectivity index (χ2n) is 5.72. The Balaban J connectivity index is 2.01. The van der Waals surface area contributed by atoms with Gasteiger partial charge in [-0.05, 0) is 24.6 Å². The van der Waals surface area contributed by atoms with Crippen LogP contribution in [0.15, 0.2) is 24.3 Å². The maximum absolute atomic E-state index is 13.8. The third-order valence-electron chi connectivity index (χ3n) is 3.81. The van der Waals surface area contributed by atoms with Gasteiger partial charge in [0.25, 0.3) is 5.91 Å². The molecule has 0 aliphatic heterocycles. The number of hydrogen-bond acceptors (Lipinski definition) is 3. The van der Waals surface area contributed by atoms with Crippen LogP contribution in [-0.4, -0.2) is 27.5 Å². The number of aryl methyl sites for hydroxylation is 1. The van der Waals surface area contributed by atoms with Crippen LogP contribution in [0.25, 0.3) is 11.0 Å². The lowest BCUT2D eigenvalue weighted by molar-refractivity contribution is -0.156. The standard InChI is InChI=1S/C16H10F6N4O/c1-6-2-7(3-11-13(6)25-26-24-11)15(27)23-14(16(20,21)22)12-9(18)4-8(17)5-10(12)19/h2-5,14H,1H3,(H,23,27)(H,24,25,26). The number of fused-ring (bicyclic) bond motifs is 1. The zero-order chi connectivity index (χ0) is 19.9. The molecule has 3 aromatic rings. The van der Waals surface area contributed by atoms with Crippen molar-refractivity contribution in [2.45, 2.75) is 19.1 Å². The van der Waals surface area contributed by atoms with Gasteiger partial charge in [-0.1, -0.05) is 0 Å². The first-order chi connectivity index (χ1) is 12.6. The Kier molecular flexibility index (Phi) is 4.54. The highest BCUT2D eigenvalue weighted by atomic mass is 19.4. The van der Waals surface area contributed by atoms with Crippen LogP contribution in [0.3, 0.4) is 0 Å². The maximum atomic E-state index is 13.8. The van der Waals surface area contributed by atoms with Crippen LogP contribution < -0.4 is 5.32 Å². The molecular weight excluding hydrogens is 378 g/mol. The number of carbonyl (C=O) groups excluding carboxylic acids is 1. The molecule has 2 aromatic carbocycles. The first-order valence-corrected chi connectivity index (χ1v) is 7.41. The lowest BCUT2D eigenvalue weighted by Gasteiger charge is -2.23. The fraction of sp³-hybridized carbons (Fsp3) is 0.188. The van der Waals surface area contributed by atoms with Crippen LogP contribution >= 0.6 is 0 Å². The van der Waals surface area contributed by atoms with Crippen molar-refractivity contribution in [3.63, 3.8) is 0 Å². The van der Waals surface area contributed by atoms with Gasteiger partial charge < -0.3 is 5.32 Å².